The van der Waals surface area contributed by atoms with Gasteiger partial charge in [0.1, 0.15) is 18.0 Å². The molecule has 1 amide bonds. The van der Waals surface area contributed by atoms with Crippen LogP contribution in [-0.2, 0) is 4.74 Å². The summed E-state index contributed by atoms with van der Waals surface area (Å²) in [5.41, 5.74) is 0.473. The summed E-state index contributed by atoms with van der Waals surface area (Å²) < 4.78 is 5.35. The number of aromatic nitrogens is 2. The zero-order valence-electron chi connectivity index (χ0n) is 13.7. The van der Waals surface area contributed by atoms with Gasteiger partial charge >= 0.3 is 0 Å². The number of hydrogen-bond donors (Lipinski definition) is 2. The van der Waals surface area contributed by atoms with Gasteiger partial charge in [-0.15, -0.1) is 0 Å². The van der Waals surface area contributed by atoms with Crippen molar-refractivity contribution in [3.05, 3.63) is 47.2 Å². The molecule has 132 valence electrons. The molecule has 3 rings (SSSR count). The summed E-state index contributed by atoms with van der Waals surface area (Å²) >= 11 is 6.01. The fraction of sp³-hybridized carbons (Fsp3) is 0.353. The third-order valence-electron chi connectivity index (χ3n) is 3.82. The molecule has 1 fully saturated rings. The highest BCUT2D eigenvalue weighted by Crippen LogP contribution is 2.16. The number of morpholine rings is 1. The van der Waals surface area contributed by atoms with Crippen molar-refractivity contribution in [2.24, 2.45) is 0 Å². The molecule has 0 aliphatic carbocycles. The number of hydrogen-bond acceptors (Lipinski definition) is 6. The van der Waals surface area contributed by atoms with Gasteiger partial charge in [-0.2, -0.15) is 0 Å². The fourth-order valence-electron chi connectivity index (χ4n) is 2.52. The Morgan fingerprint density at radius 3 is 2.80 bits per heavy atom. The third-order valence-corrected chi connectivity index (χ3v) is 4.15. The van der Waals surface area contributed by atoms with E-state index in [4.69, 9.17) is 16.3 Å². The quantitative estimate of drug-likeness (QED) is 0.764. The molecule has 1 aliphatic rings. The van der Waals surface area contributed by atoms with Crippen LogP contribution in [0.15, 0.2) is 36.7 Å². The first-order valence-electron chi connectivity index (χ1n) is 8.15. The monoisotopic (exact) mass is 361 g/mol. The van der Waals surface area contributed by atoms with Gasteiger partial charge in [-0.25, -0.2) is 9.97 Å². The first kappa shape index (κ1) is 17.4. The first-order valence-corrected chi connectivity index (χ1v) is 8.53. The lowest BCUT2D eigenvalue weighted by Gasteiger charge is -2.27. The molecule has 7 nitrogen and oxygen atoms in total. The predicted molar refractivity (Wildman–Crippen MR) is 97.3 cm³/mol. The minimum absolute atomic E-state index is 0.191. The van der Waals surface area contributed by atoms with Crippen LogP contribution in [0.4, 0.5) is 11.6 Å². The van der Waals surface area contributed by atoms with Crippen LogP contribution in [0.5, 0.6) is 0 Å². The maximum atomic E-state index is 12.1. The van der Waals surface area contributed by atoms with E-state index >= 15 is 0 Å². The van der Waals surface area contributed by atoms with Crippen LogP contribution in [0.25, 0.3) is 0 Å². The van der Waals surface area contributed by atoms with Crippen molar-refractivity contribution in [2.75, 3.05) is 49.6 Å². The van der Waals surface area contributed by atoms with Crippen molar-refractivity contribution in [2.45, 2.75) is 0 Å². The van der Waals surface area contributed by atoms with E-state index in [0.29, 0.717) is 36.9 Å². The van der Waals surface area contributed by atoms with Gasteiger partial charge in [-0.05, 0) is 12.1 Å². The highest BCUT2D eigenvalue weighted by Gasteiger charge is 2.13. The SMILES string of the molecule is O=C(NCCNc1cc(N2CCOCC2)ncn1)c1ccccc1Cl. The number of amides is 1. The second-order valence-electron chi connectivity index (χ2n) is 5.52. The Labute approximate surface area is 151 Å². The van der Waals surface area contributed by atoms with Gasteiger partial charge in [0.15, 0.2) is 0 Å². The maximum absolute atomic E-state index is 12.1. The lowest BCUT2D eigenvalue weighted by Crippen LogP contribution is -2.36. The number of nitrogens with zero attached hydrogens (tertiary/aromatic N) is 3. The molecule has 0 spiro atoms. The van der Waals surface area contributed by atoms with Crippen LogP contribution < -0.4 is 15.5 Å². The number of nitrogens with one attached hydrogen (secondary N) is 2. The number of carbonyl (C=O) groups is 1. The second-order valence-corrected chi connectivity index (χ2v) is 5.93. The van der Waals surface area contributed by atoms with E-state index in [-0.39, 0.29) is 5.91 Å². The van der Waals surface area contributed by atoms with Crippen molar-refractivity contribution in [3.8, 4) is 0 Å². The molecule has 0 radical (unpaired) electrons. The molecule has 1 aromatic heterocycles. The predicted octanol–water partition coefficient (Wildman–Crippen LogP) is 1.81. The number of ether oxygens (including phenoxy) is 1. The van der Waals surface area contributed by atoms with Crippen LogP contribution in [0.3, 0.4) is 0 Å². The molecule has 0 atom stereocenters. The highest BCUT2D eigenvalue weighted by atomic mass is 35.5. The smallest absolute Gasteiger partial charge is 0.252 e. The molecule has 8 heteroatoms. The van der Waals surface area contributed by atoms with E-state index in [9.17, 15) is 4.79 Å². The van der Waals surface area contributed by atoms with E-state index < -0.39 is 0 Å². The van der Waals surface area contributed by atoms with Gasteiger partial charge < -0.3 is 20.3 Å². The summed E-state index contributed by atoms with van der Waals surface area (Å²) in [6.07, 6.45) is 1.54. The molecule has 1 aromatic carbocycles. The van der Waals surface area contributed by atoms with Crippen molar-refractivity contribution >= 4 is 29.1 Å². The van der Waals surface area contributed by atoms with Crippen LogP contribution in [0, 0.1) is 0 Å². The summed E-state index contributed by atoms with van der Waals surface area (Å²) in [6.45, 7) is 4.08. The summed E-state index contributed by atoms with van der Waals surface area (Å²) in [5, 5.41) is 6.46. The first-order chi connectivity index (χ1) is 12.2. The highest BCUT2D eigenvalue weighted by molar-refractivity contribution is 6.33. The largest absolute Gasteiger partial charge is 0.378 e. The van der Waals surface area contributed by atoms with E-state index in [2.05, 4.69) is 25.5 Å². The number of anilines is 2. The summed E-state index contributed by atoms with van der Waals surface area (Å²) in [5.74, 6) is 1.41. The van der Waals surface area contributed by atoms with Crippen LogP contribution in [0.2, 0.25) is 5.02 Å². The summed E-state index contributed by atoms with van der Waals surface area (Å²) in [7, 11) is 0. The minimum atomic E-state index is -0.191. The van der Waals surface area contributed by atoms with Crippen molar-refractivity contribution in [1.29, 1.82) is 0 Å². The molecule has 0 saturated carbocycles. The Morgan fingerprint density at radius 2 is 2.00 bits per heavy atom. The van der Waals surface area contributed by atoms with Crippen molar-refractivity contribution < 1.29 is 9.53 Å². The Morgan fingerprint density at radius 1 is 1.20 bits per heavy atom. The molecule has 2 heterocycles. The molecule has 2 aromatic rings. The number of carbonyl (C=O) groups excluding carboxylic acids is 1. The van der Waals surface area contributed by atoms with Crippen molar-refractivity contribution in [3.63, 3.8) is 0 Å². The van der Waals surface area contributed by atoms with E-state index in [1.807, 2.05) is 6.07 Å². The lowest BCUT2D eigenvalue weighted by atomic mass is 10.2. The van der Waals surface area contributed by atoms with Crippen molar-refractivity contribution in [1.82, 2.24) is 15.3 Å². The zero-order valence-corrected chi connectivity index (χ0v) is 14.5. The van der Waals surface area contributed by atoms with E-state index in [0.717, 1.165) is 24.7 Å². The fourth-order valence-corrected chi connectivity index (χ4v) is 2.74. The average molecular weight is 362 g/mol. The molecule has 1 saturated heterocycles. The minimum Gasteiger partial charge on any atom is -0.378 e. The second kappa shape index (κ2) is 8.64. The summed E-state index contributed by atoms with van der Waals surface area (Å²) in [6, 6.07) is 8.88. The standard InChI is InChI=1S/C17H20ClN5O2/c18-14-4-2-1-3-13(14)17(24)20-6-5-19-15-11-16(22-12-21-15)23-7-9-25-10-8-23/h1-4,11-12H,5-10H2,(H,20,24)(H,19,21,22). The number of benzene rings is 1. The van der Waals surface area contributed by atoms with E-state index in [1.165, 1.54) is 6.33 Å². The molecule has 25 heavy (non-hydrogen) atoms. The molecular formula is C17H20ClN5O2. The molecule has 2 N–H and O–H groups in total. The maximum Gasteiger partial charge on any atom is 0.252 e. The van der Waals surface area contributed by atoms with Gasteiger partial charge in [0.25, 0.3) is 5.91 Å². The Balaban J connectivity index is 1.47. The number of halogens is 1. The Kier molecular flexibility index (Phi) is 6.03. The van der Waals surface area contributed by atoms with Crippen LogP contribution >= 0.6 is 11.6 Å². The number of rotatable bonds is 6. The molecule has 0 bridgehead atoms. The molecular weight excluding hydrogens is 342 g/mol. The topological polar surface area (TPSA) is 79.4 Å². The van der Waals surface area contributed by atoms with E-state index in [1.54, 1.807) is 24.3 Å². The van der Waals surface area contributed by atoms with Crippen LogP contribution in [0.1, 0.15) is 10.4 Å². The zero-order chi connectivity index (χ0) is 17.5. The van der Waals surface area contributed by atoms with Crippen LogP contribution in [-0.4, -0.2) is 55.3 Å². The van der Waals surface area contributed by atoms with Gasteiger partial charge in [-0.1, -0.05) is 23.7 Å². The van der Waals surface area contributed by atoms with Gasteiger partial charge in [-0.3, -0.25) is 4.79 Å². The Bertz CT molecular complexity index is 722. The summed E-state index contributed by atoms with van der Waals surface area (Å²) in [4.78, 5) is 22.7. The average Bonchev–Trinajstić information content (AvgIpc) is 2.66. The normalized spacial score (nSPS) is 14.2. The molecule has 1 aliphatic heterocycles. The third kappa shape index (κ3) is 4.80. The van der Waals surface area contributed by atoms with Gasteiger partial charge in [0.2, 0.25) is 0 Å². The lowest BCUT2D eigenvalue weighted by molar-refractivity contribution is 0.0955. The van der Waals surface area contributed by atoms with Gasteiger partial charge in [0.05, 0.1) is 23.8 Å². The van der Waals surface area contributed by atoms with Gasteiger partial charge in [0, 0.05) is 32.2 Å². The molecule has 0 unspecified atom stereocenters. The Hall–Kier alpha value is -2.38.